The monoisotopic (exact) mass is 280 g/mol. The minimum atomic E-state index is 0.352. The summed E-state index contributed by atoms with van der Waals surface area (Å²) in [4.78, 5) is 2.35. The van der Waals surface area contributed by atoms with Crippen molar-refractivity contribution in [3.63, 3.8) is 0 Å². The van der Waals surface area contributed by atoms with Crippen molar-refractivity contribution in [2.24, 2.45) is 5.73 Å². The smallest absolute Gasteiger partial charge is 0.156 e. The Kier molecular flexibility index (Phi) is 4.36. The van der Waals surface area contributed by atoms with Gasteiger partial charge in [-0.3, -0.25) is 0 Å². The van der Waals surface area contributed by atoms with Gasteiger partial charge in [-0.15, -0.1) is 5.10 Å². The van der Waals surface area contributed by atoms with Gasteiger partial charge in [-0.05, 0) is 25.8 Å². The van der Waals surface area contributed by atoms with Crippen molar-refractivity contribution in [1.82, 2.24) is 10.2 Å². The summed E-state index contributed by atoms with van der Waals surface area (Å²) in [7, 11) is 0. The van der Waals surface area contributed by atoms with Crippen molar-refractivity contribution in [2.75, 3.05) is 23.7 Å². The molecule has 1 aromatic heterocycles. The molecule has 0 aliphatic carbocycles. The molecule has 2 N–H and O–H groups in total. The Morgan fingerprint density at radius 3 is 2.68 bits per heavy atom. The Balaban J connectivity index is 2.29. The zero-order valence-corrected chi connectivity index (χ0v) is 13.2. The summed E-state index contributed by atoms with van der Waals surface area (Å²) in [6, 6.07) is 0. The highest BCUT2D eigenvalue weighted by Gasteiger charge is 2.25. The fourth-order valence-electron chi connectivity index (χ4n) is 2.37. The van der Waals surface area contributed by atoms with Crippen molar-refractivity contribution in [2.45, 2.75) is 45.4 Å². The van der Waals surface area contributed by atoms with Gasteiger partial charge >= 0.3 is 0 Å². The number of hydrogen-bond acceptors (Lipinski definition) is 5. The highest BCUT2D eigenvalue weighted by molar-refractivity contribution is 8.00. The molecule has 0 spiro atoms. The highest BCUT2D eigenvalue weighted by Crippen LogP contribution is 2.33. The molecular weight excluding hydrogens is 256 g/mol. The van der Waals surface area contributed by atoms with E-state index >= 15 is 0 Å². The van der Waals surface area contributed by atoms with E-state index in [1.807, 2.05) is 18.7 Å². The van der Waals surface area contributed by atoms with Gasteiger partial charge in [0.1, 0.15) is 0 Å². The van der Waals surface area contributed by atoms with Gasteiger partial charge in [0.2, 0.25) is 0 Å². The first-order chi connectivity index (χ1) is 8.94. The van der Waals surface area contributed by atoms with Crippen molar-refractivity contribution < 1.29 is 0 Å². The Morgan fingerprint density at radius 1 is 1.26 bits per heavy atom. The molecule has 1 saturated heterocycles. The largest absolute Gasteiger partial charge is 0.354 e. The van der Waals surface area contributed by atoms with Crippen molar-refractivity contribution >= 4 is 17.6 Å². The third-order valence-corrected chi connectivity index (χ3v) is 5.27. The maximum absolute atomic E-state index is 5.92. The maximum atomic E-state index is 5.92. The molecule has 1 aromatic rings. The zero-order chi connectivity index (χ0) is 14.0. The quantitative estimate of drug-likeness (QED) is 0.900. The number of anilines is 1. The molecule has 0 bridgehead atoms. The van der Waals surface area contributed by atoms with E-state index in [-0.39, 0.29) is 0 Å². The average Bonchev–Trinajstić information content (AvgIpc) is 2.53. The fraction of sp³-hybridized carbons (Fsp3) is 0.714. The molecule has 0 radical (unpaired) electrons. The molecule has 1 fully saturated rings. The van der Waals surface area contributed by atoms with Crippen LogP contribution in [0.25, 0.3) is 0 Å². The van der Waals surface area contributed by atoms with Gasteiger partial charge < -0.3 is 10.6 Å². The van der Waals surface area contributed by atoms with Gasteiger partial charge in [-0.1, -0.05) is 13.8 Å². The lowest BCUT2D eigenvalue weighted by molar-refractivity contribution is 0.631. The molecule has 0 atom stereocenters. The minimum Gasteiger partial charge on any atom is -0.354 e. The predicted octanol–water partition coefficient (Wildman–Crippen LogP) is 2.27. The Bertz CT molecular complexity index is 459. The molecule has 4 nitrogen and oxygen atoms in total. The Morgan fingerprint density at radius 2 is 2.00 bits per heavy atom. The van der Waals surface area contributed by atoms with Crippen LogP contribution in [-0.2, 0) is 6.54 Å². The molecule has 0 amide bonds. The van der Waals surface area contributed by atoms with E-state index in [0.717, 1.165) is 42.3 Å². The summed E-state index contributed by atoms with van der Waals surface area (Å²) in [5.41, 5.74) is 9.23. The van der Waals surface area contributed by atoms with Gasteiger partial charge in [0.25, 0.3) is 0 Å². The SMILES string of the molecule is Cc1nnc(N2CCSC(C)(C)CC2)c(CN)c1C. The topological polar surface area (TPSA) is 55.0 Å². The highest BCUT2D eigenvalue weighted by atomic mass is 32.2. The minimum absolute atomic E-state index is 0.352. The van der Waals surface area contributed by atoms with Crippen LogP contribution in [0, 0.1) is 13.8 Å². The van der Waals surface area contributed by atoms with Gasteiger partial charge in [-0.2, -0.15) is 16.9 Å². The van der Waals surface area contributed by atoms with E-state index in [9.17, 15) is 0 Å². The molecule has 19 heavy (non-hydrogen) atoms. The lowest BCUT2D eigenvalue weighted by atomic mass is 10.1. The van der Waals surface area contributed by atoms with Crippen molar-refractivity contribution in [3.05, 3.63) is 16.8 Å². The molecule has 2 rings (SSSR count). The van der Waals surface area contributed by atoms with Gasteiger partial charge in [0.15, 0.2) is 5.82 Å². The summed E-state index contributed by atoms with van der Waals surface area (Å²) in [6.45, 7) is 11.3. The van der Waals surface area contributed by atoms with E-state index in [0.29, 0.717) is 11.3 Å². The second-order valence-electron chi connectivity index (χ2n) is 5.76. The molecule has 1 aliphatic rings. The second-order valence-corrected chi connectivity index (χ2v) is 7.56. The fourth-order valence-corrected chi connectivity index (χ4v) is 3.47. The zero-order valence-electron chi connectivity index (χ0n) is 12.4. The number of nitrogens with two attached hydrogens (primary N) is 1. The second kappa shape index (κ2) is 5.67. The summed E-state index contributed by atoms with van der Waals surface area (Å²) < 4.78 is 0.352. The summed E-state index contributed by atoms with van der Waals surface area (Å²) in [6.07, 6.45) is 1.16. The number of aryl methyl sites for hydroxylation is 1. The van der Waals surface area contributed by atoms with Crippen LogP contribution in [-0.4, -0.2) is 33.8 Å². The summed E-state index contributed by atoms with van der Waals surface area (Å²) >= 11 is 2.04. The van der Waals surface area contributed by atoms with E-state index < -0.39 is 0 Å². The summed E-state index contributed by atoms with van der Waals surface area (Å²) in [5, 5.41) is 8.69. The van der Waals surface area contributed by atoms with Crippen molar-refractivity contribution in [1.29, 1.82) is 0 Å². The third-order valence-electron chi connectivity index (χ3n) is 3.90. The number of hydrogen-bond donors (Lipinski definition) is 1. The molecule has 5 heteroatoms. The van der Waals surface area contributed by atoms with Gasteiger partial charge in [0, 0.05) is 35.7 Å². The van der Waals surface area contributed by atoms with E-state index in [2.05, 4.69) is 35.9 Å². The Labute approximate surface area is 120 Å². The van der Waals surface area contributed by atoms with Crippen LogP contribution >= 0.6 is 11.8 Å². The number of nitrogens with zero attached hydrogens (tertiary/aromatic N) is 3. The van der Waals surface area contributed by atoms with Gasteiger partial charge in [0.05, 0.1) is 5.69 Å². The molecule has 106 valence electrons. The van der Waals surface area contributed by atoms with Crippen LogP contribution < -0.4 is 10.6 Å². The van der Waals surface area contributed by atoms with Crippen LogP contribution in [0.15, 0.2) is 0 Å². The average molecular weight is 280 g/mol. The molecule has 0 unspecified atom stereocenters. The molecular formula is C14H24N4S. The maximum Gasteiger partial charge on any atom is 0.156 e. The molecule has 2 heterocycles. The van der Waals surface area contributed by atoms with Crippen LogP contribution in [0.4, 0.5) is 5.82 Å². The molecule has 0 saturated carbocycles. The summed E-state index contributed by atoms with van der Waals surface area (Å²) in [5.74, 6) is 2.12. The lowest BCUT2D eigenvalue weighted by Gasteiger charge is -2.25. The van der Waals surface area contributed by atoms with Crippen LogP contribution in [0.1, 0.15) is 37.1 Å². The lowest BCUT2D eigenvalue weighted by Crippen LogP contribution is -2.30. The van der Waals surface area contributed by atoms with Crippen LogP contribution in [0.5, 0.6) is 0 Å². The first-order valence-corrected chi connectivity index (χ1v) is 7.85. The predicted molar refractivity (Wildman–Crippen MR) is 82.8 cm³/mol. The standard InChI is InChI=1S/C14H24N4S/c1-10-11(2)16-17-13(12(10)9-15)18-6-5-14(3,4)19-8-7-18/h5-9,15H2,1-4H3. The van der Waals surface area contributed by atoms with E-state index in [1.54, 1.807) is 0 Å². The van der Waals surface area contributed by atoms with Gasteiger partial charge in [-0.25, -0.2) is 0 Å². The van der Waals surface area contributed by atoms with E-state index in [1.165, 1.54) is 5.56 Å². The third kappa shape index (κ3) is 3.20. The first kappa shape index (κ1) is 14.6. The van der Waals surface area contributed by atoms with Crippen LogP contribution in [0.3, 0.4) is 0 Å². The first-order valence-electron chi connectivity index (χ1n) is 6.86. The number of rotatable bonds is 2. The number of aromatic nitrogens is 2. The van der Waals surface area contributed by atoms with Crippen LogP contribution in [0.2, 0.25) is 0 Å². The molecule has 0 aromatic carbocycles. The number of thioether (sulfide) groups is 1. The molecule has 1 aliphatic heterocycles. The Hall–Kier alpha value is -0.810. The normalized spacial score (nSPS) is 19.3. The van der Waals surface area contributed by atoms with E-state index in [4.69, 9.17) is 5.73 Å². The van der Waals surface area contributed by atoms with Crippen molar-refractivity contribution in [3.8, 4) is 0 Å².